The second-order valence-electron chi connectivity index (χ2n) is 5.97. The molecule has 1 rings (SSSR count). The van der Waals surface area contributed by atoms with Crippen molar-refractivity contribution in [1.82, 2.24) is 10.2 Å². The first-order valence-corrected chi connectivity index (χ1v) is 9.42. The monoisotopic (exact) mass is 348 g/mol. The molecule has 0 spiro atoms. The van der Waals surface area contributed by atoms with Crippen molar-refractivity contribution in [2.45, 2.75) is 45.7 Å². The Morgan fingerprint density at radius 2 is 2.00 bits per heavy atom. The summed E-state index contributed by atoms with van der Waals surface area (Å²) >= 11 is 0. The average Bonchev–Trinajstić information content (AvgIpc) is 2.85. The molecule has 0 radical (unpaired) electrons. The minimum Gasteiger partial charge on any atom is -0.480 e. The largest absolute Gasteiger partial charge is 0.480 e. The third-order valence-electron chi connectivity index (χ3n) is 3.92. The maximum Gasteiger partial charge on any atom is 0.326 e. The Morgan fingerprint density at radius 3 is 2.43 bits per heavy atom. The molecule has 0 aliphatic carbocycles. The van der Waals surface area contributed by atoms with E-state index >= 15 is 0 Å². The van der Waals surface area contributed by atoms with Crippen LogP contribution >= 0.6 is 0 Å². The van der Waals surface area contributed by atoms with Crippen molar-refractivity contribution in [3.05, 3.63) is 0 Å². The van der Waals surface area contributed by atoms with E-state index in [2.05, 4.69) is 5.32 Å². The van der Waals surface area contributed by atoms with Gasteiger partial charge in [-0.1, -0.05) is 6.92 Å². The van der Waals surface area contributed by atoms with E-state index in [4.69, 9.17) is 5.11 Å². The van der Waals surface area contributed by atoms with Gasteiger partial charge in [-0.3, -0.25) is 9.59 Å². The minimum atomic E-state index is -3.31. The standard InChI is InChI=1S/C14H24N2O6S/c1-4-23(21,22)6-5-11(14(19)20)15-13(18)10-7-12(17)16(8-10)9(2)3/h9-11H,4-8H2,1-3H3,(H,15,18)(H,19,20). The lowest BCUT2D eigenvalue weighted by molar-refractivity contribution is -0.142. The number of carbonyl (C=O) groups is 3. The van der Waals surface area contributed by atoms with Crippen molar-refractivity contribution in [3.8, 4) is 0 Å². The highest BCUT2D eigenvalue weighted by Crippen LogP contribution is 2.20. The number of carboxylic acid groups (broad SMARTS) is 1. The number of carbonyl (C=O) groups excluding carboxylic acids is 2. The van der Waals surface area contributed by atoms with Gasteiger partial charge in [0.2, 0.25) is 11.8 Å². The summed E-state index contributed by atoms with van der Waals surface area (Å²) in [5, 5.41) is 11.5. The molecule has 2 unspecified atom stereocenters. The molecule has 23 heavy (non-hydrogen) atoms. The van der Waals surface area contributed by atoms with Gasteiger partial charge in [-0.15, -0.1) is 0 Å². The highest BCUT2D eigenvalue weighted by Gasteiger charge is 2.36. The van der Waals surface area contributed by atoms with Crippen LogP contribution in [-0.2, 0) is 24.2 Å². The Kier molecular flexibility index (Phi) is 6.55. The van der Waals surface area contributed by atoms with Crippen molar-refractivity contribution in [1.29, 1.82) is 0 Å². The number of hydrogen-bond acceptors (Lipinski definition) is 5. The first-order chi connectivity index (χ1) is 10.6. The van der Waals surface area contributed by atoms with Crippen LogP contribution in [0, 0.1) is 5.92 Å². The second kappa shape index (κ2) is 7.76. The Bertz CT molecular complexity index is 572. The highest BCUT2D eigenvalue weighted by molar-refractivity contribution is 7.91. The molecule has 1 heterocycles. The highest BCUT2D eigenvalue weighted by atomic mass is 32.2. The summed E-state index contributed by atoms with van der Waals surface area (Å²) in [6, 6.07) is -1.29. The first-order valence-electron chi connectivity index (χ1n) is 7.60. The molecule has 0 aromatic heterocycles. The van der Waals surface area contributed by atoms with Gasteiger partial charge in [-0.25, -0.2) is 13.2 Å². The van der Waals surface area contributed by atoms with E-state index < -0.39 is 33.7 Å². The predicted octanol–water partition coefficient (Wildman–Crippen LogP) is -0.362. The Hall–Kier alpha value is -1.64. The van der Waals surface area contributed by atoms with Crippen LogP contribution in [0.25, 0.3) is 0 Å². The summed E-state index contributed by atoms with van der Waals surface area (Å²) in [6.07, 6.45) is -0.143. The lowest BCUT2D eigenvalue weighted by Gasteiger charge is -2.21. The van der Waals surface area contributed by atoms with Crippen molar-refractivity contribution >= 4 is 27.6 Å². The van der Waals surface area contributed by atoms with Gasteiger partial charge in [0, 0.05) is 24.8 Å². The van der Waals surface area contributed by atoms with Crippen LogP contribution in [0.2, 0.25) is 0 Å². The molecule has 132 valence electrons. The summed E-state index contributed by atoms with van der Waals surface area (Å²) in [6.45, 7) is 5.41. The van der Waals surface area contributed by atoms with E-state index in [1.54, 1.807) is 4.90 Å². The SMILES string of the molecule is CCS(=O)(=O)CCC(NC(=O)C1CC(=O)N(C(C)C)C1)C(=O)O. The van der Waals surface area contributed by atoms with Crippen LogP contribution in [0.1, 0.15) is 33.6 Å². The molecule has 2 atom stereocenters. The first kappa shape index (κ1) is 19.4. The van der Waals surface area contributed by atoms with Gasteiger partial charge >= 0.3 is 5.97 Å². The fourth-order valence-electron chi connectivity index (χ4n) is 2.39. The number of sulfone groups is 1. The number of hydrogen-bond donors (Lipinski definition) is 2. The molecular weight excluding hydrogens is 324 g/mol. The lowest BCUT2D eigenvalue weighted by Crippen LogP contribution is -2.45. The van der Waals surface area contributed by atoms with Crippen molar-refractivity contribution < 1.29 is 27.9 Å². The topological polar surface area (TPSA) is 121 Å². The van der Waals surface area contributed by atoms with Crippen LogP contribution in [0.3, 0.4) is 0 Å². The number of rotatable bonds is 8. The quantitative estimate of drug-likeness (QED) is 0.618. The van der Waals surface area contributed by atoms with Gasteiger partial charge in [-0.2, -0.15) is 0 Å². The molecular formula is C14H24N2O6S. The zero-order valence-corrected chi connectivity index (χ0v) is 14.4. The third kappa shape index (κ3) is 5.49. The van der Waals surface area contributed by atoms with Gasteiger partial charge in [0.1, 0.15) is 15.9 Å². The zero-order chi connectivity index (χ0) is 17.8. The molecule has 9 heteroatoms. The molecule has 1 aliphatic heterocycles. The van der Waals surface area contributed by atoms with Crippen LogP contribution in [0.4, 0.5) is 0 Å². The van der Waals surface area contributed by atoms with Crippen LogP contribution < -0.4 is 5.32 Å². The minimum absolute atomic E-state index is 0.0229. The number of likely N-dealkylation sites (tertiary alicyclic amines) is 1. The second-order valence-corrected chi connectivity index (χ2v) is 8.44. The fourth-order valence-corrected chi connectivity index (χ4v) is 3.28. The van der Waals surface area contributed by atoms with Crippen LogP contribution in [0.5, 0.6) is 0 Å². The predicted molar refractivity (Wildman–Crippen MR) is 83.5 cm³/mol. The van der Waals surface area contributed by atoms with Crippen molar-refractivity contribution in [2.75, 3.05) is 18.1 Å². The molecule has 1 fully saturated rings. The molecule has 2 amide bonds. The number of carboxylic acids is 1. The maximum absolute atomic E-state index is 12.2. The smallest absolute Gasteiger partial charge is 0.326 e. The number of nitrogens with one attached hydrogen (secondary N) is 1. The number of aliphatic carboxylic acids is 1. The maximum atomic E-state index is 12.2. The molecule has 8 nitrogen and oxygen atoms in total. The average molecular weight is 348 g/mol. The Labute approximate surface area is 136 Å². The third-order valence-corrected chi connectivity index (χ3v) is 5.66. The van der Waals surface area contributed by atoms with Crippen LogP contribution in [0.15, 0.2) is 0 Å². The molecule has 0 saturated carbocycles. The van der Waals surface area contributed by atoms with Gasteiger partial charge in [0.25, 0.3) is 0 Å². The lowest BCUT2D eigenvalue weighted by atomic mass is 10.1. The zero-order valence-electron chi connectivity index (χ0n) is 13.6. The van der Waals surface area contributed by atoms with Gasteiger partial charge < -0.3 is 15.3 Å². The molecule has 2 N–H and O–H groups in total. The van der Waals surface area contributed by atoms with E-state index in [1.807, 2.05) is 13.8 Å². The number of amides is 2. The van der Waals surface area contributed by atoms with Crippen molar-refractivity contribution in [2.24, 2.45) is 5.92 Å². The van der Waals surface area contributed by atoms with Gasteiger partial charge in [0.05, 0.1) is 11.7 Å². The normalized spacial score (nSPS) is 19.9. The van der Waals surface area contributed by atoms with Crippen LogP contribution in [-0.4, -0.2) is 66.3 Å². The molecule has 0 bridgehead atoms. The van der Waals surface area contributed by atoms with Crippen molar-refractivity contribution in [3.63, 3.8) is 0 Å². The van der Waals surface area contributed by atoms with E-state index in [0.717, 1.165) is 0 Å². The molecule has 0 aromatic rings. The molecule has 1 aliphatic rings. The molecule has 0 aromatic carbocycles. The van der Waals surface area contributed by atoms with Gasteiger partial charge in [-0.05, 0) is 20.3 Å². The summed E-state index contributed by atoms with van der Waals surface area (Å²) < 4.78 is 22.9. The van der Waals surface area contributed by atoms with E-state index in [1.165, 1.54) is 6.92 Å². The fraction of sp³-hybridized carbons (Fsp3) is 0.786. The number of nitrogens with zero attached hydrogens (tertiary/aromatic N) is 1. The Balaban J connectivity index is 2.65. The molecule has 1 saturated heterocycles. The van der Waals surface area contributed by atoms with E-state index in [9.17, 15) is 22.8 Å². The summed E-state index contributed by atoms with van der Waals surface area (Å²) in [5.41, 5.74) is 0. The summed E-state index contributed by atoms with van der Waals surface area (Å²) in [5.74, 6) is -2.93. The van der Waals surface area contributed by atoms with E-state index in [0.29, 0.717) is 0 Å². The van der Waals surface area contributed by atoms with Gasteiger partial charge in [0.15, 0.2) is 0 Å². The Morgan fingerprint density at radius 1 is 1.39 bits per heavy atom. The van der Waals surface area contributed by atoms with E-state index in [-0.39, 0.29) is 42.8 Å². The summed E-state index contributed by atoms with van der Waals surface area (Å²) in [7, 11) is -3.31. The summed E-state index contributed by atoms with van der Waals surface area (Å²) in [4.78, 5) is 36.7.